The predicted molar refractivity (Wildman–Crippen MR) is 69.4 cm³/mol. The summed E-state index contributed by atoms with van der Waals surface area (Å²) in [5.41, 5.74) is 0. The maximum atomic E-state index is 5.81. The van der Waals surface area contributed by atoms with Gasteiger partial charge in [-0.3, -0.25) is 0 Å². The molecule has 0 aliphatic carbocycles. The van der Waals surface area contributed by atoms with Gasteiger partial charge >= 0.3 is 8.56 Å². The summed E-state index contributed by atoms with van der Waals surface area (Å²) < 4.78 is 21.9. The molecule has 1 heterocycles. The molecule has 0 spiro atoms. The van der Waals surface area contributed by atoms with Crippen LogP contribution in [-0.2, 0) is 18.3 Å². The molecule has 0 bridgehead atoms. The molecule has 2 atom stereocenters. The first-order chi connectivity index (χ1) is 8.13. The van der Waals surface area contributed by atoms with Gasteiger partial charge in [0, 0.05) is 14.2 Å². The Morgan fingerprint density at radius 2 is 2.00 bits per heavy atom. The lowest BCUT2D eigenvalue weighted by molar-refractivity contribution is 0.0342. The van der Waals surface area contributed by atoms with E-state index in [1.807, 2.05) is 0 Å². The zero-order chi connectivity index (χ0) is 12.7. The summed E-state index contributed by atoms with van der Waals surface area (Å²) in [5, 5.41) is 0. The summed E-state index contributed by atoms with van der Waals surface area (Å²) in [6.45, 7) is 5.89. The van der Waals surface area contributed by atoms with Crippen LogP contribution in [0.2, 0.25) is 12.6 Å². The Hall–Kier alpha value is 0.0569. The van der Waals surface area contributed by atoms with Gasteiger partial charge in [0.2, 0.25) is 0 Å². The van der Waals surface area contributed by atoms with Crippen molar-refractivity contribution in [3.05, 3.63) is 0 Å². The summed E-state index contributed by atoms with van der Waals surface area (Å²) in [6, 6.07) is 1.03. The average molecular weight is 262 g/mol. The van der Waals surface area contributed by atoms with Crippen LogP contribution < -0.4 is 0 Å². The molecule has 0 radical (unpaired) electrons. The van der Waals surface area contributed by atoms with Crippen LogP contribution in [0.5, 0.6) is 0 Å². The van der Waals surface area contributed by atoms with E-state index in [2.05, 4.69) is 13.5 Å². The average Bonchev–Trinajstić information content (AvgIpc) is 3.17. The second kappa shape index (κ2) is 7.48. The molecular weight excluding hydrogens is 236 g/mol. The van der Waals surface area contributed by atoms with Crippen LogP contribution in [-0.4, -0.2) is 48.2 Å². The Balaban J connectivity index is 2.12. The van der Waals surface area contributed by atoms with Crippen molar-refractivity contribution in [2.45, 2.75) is 51.0 Å². The lowest BCUT2D eigenvalue weighted by Crippen LogP contribution is -2.36. The fourth-order valence-corrected chi connectivity index (χ4v) is 3.17. The molecule has 1 aliphatic rings. The first-order valence-corrected chi connectivity index (χ1v) is 8.99. The molecule has 1 saturated heterocycles. The maximum Gasteiger partial charge on any atom is 0.334 e. The van der Waals surface area contributed by atoms with Gasteiger partial charge < -0.3 is 18.3 Å². The third-order valence-electron chi connectivity index (χ3n) is 3.40. The molecule has 17 heavy (non-hydrogen) atoms. The third-order valence-corrected chi connectivity index (χ3v) is 6.39. The number of hydrogen-bond acceptors (Lipinski definition) is 4. The number of rotatable bonds is 10. The van der Waals surface area contributed by atoms with Crippen LogP contribution in [0.25, 0.3) is 0 Å². The SMILES string of the molecule is CCC(CCC[Si](C)(OC)OC)OCC1CO1. The van der Waals surface area contributed by atoms with Crippen LogP contribution in [0, 0.1) is 0 Å². The third kappa shape index (κ3) is 5.97. The lowest BCUT2D eigenvalue weighted by atomic mass is 10.1. The Labute approximate surface area is 106 Å². The molecule has 0 saturated carbocycles. The molecular formula is C12H26O4Si. The molecule has 0 amide bonds. The Bertz CT molecular complexity index is 205. The highest BCUT2D eigenvalue weighted by molar-refractivity contribution is 6.65. The van der Waals surface area contributed by atoms with Crippen LogP contribution in [0.1, 0.15) is 26.2 Å². The minimum absolute atomic E-state index is 0.353. The van der Waals surface area contributed by atoms with Gasteiger partial charge in [-0.25, -0.2) is 0 Å². The van der Waals surface area contributed by atoms with E-state index in [4.69, 9.17) is 18.3 Å². The standard InChI is InChI=1S/C12H26O4Si/c1-5-11(15-9-12-10-16-12)7-6-8-17(4,13-2)14-3/h11-12H,5-10H2,1-4H3. The number of epoxide rings is 1. The van der Waals surface area contributed by atoms with Crippen molar-refractivity contribution in [3.8, 4) is 0 Å². The molecule has 0 aromatic carbocycles. The Kier molecular flexibility index (Phi) is 6.65. The fourth-order valence-electron chi connectivity index (χ4n) is 1.75. The van der Waals surface area contributed by atoms with E-state index in [0.29, 0.717) is 12.2 Å². The van der Waals surface area contributed by atoms with Crippen molar-refractivity contribution in [3.63, 3.8) is 0 Å². The summed E-state index contributed by atoms with van der Waals surface area (Å²) >= 11 is 0. The minimum Gasteiger partial charge on any atom is -0.398 e. The molecule has 0 aromatic heterocycles. The molecule has 5 heteroatoms. The van der Waals surface area contributed by atoms with E-state index in [1.165, 1.54) is 0 Å². The van der Waals surface area contributed by atoms with Gasteiger partial charge in [-0.05, 0) is 31.9 Å². The van der Waals surface area contributed by atoms with E-state index in [9.17, 15) is 0 Å². The fraction of sp³-hybridized carbons (Fsp3) is 1.00. The monoisotopic (exact) mass is 262 g/mol. The molecule has 1 rings (SSSR count). The molecule has 0 N–H and O–H groups in total. The van der Waals surface area contributed by atoms with Crippen molar-refractivity contribution < 1.29 is 18.3 Å². The molecule has 2 unspecified atom stereocenters. The van der Waals surface area contributed by atoms with E-state index < -0.39 is 8.56 Å². The first kappa shape index (κ1) is 15.1. The number of ether oxygens (including phenoxy) is 2. The lowest BCUT2D eigenvalue weighted by Gasteiger charge is -2.23. The zero-order valence-corrected chi connectivity index (χ0v) is 12.5. The van der Waals surface area contributed by atoms with Gasteiger partial charge in [-0.2, -0.15) is 0 Å². The minimum atomic E-state index is -1.89. The first-order valence-electron chi connectivity index (χ1n) is 6.47. The highest BCUT2D eigenvalue weighted by atomic mass is 28.4. The van der Waals surface area contributed by atoms with Gasteiger partial charge in [-0.1, -0.05) is 6.92 Å². The van der Waals surface area contributed by atoms with Crippen LogP contribution in [0.15, 0.2) is 0 Å². The highest BCUT2D eigenvalue weighted by Gasteiger charge is 2.28. The van der Waals surface area contributed by atoms with Crippen molar-refractivity contribution in [2.24, 2.45) is 0 Å². The quantitative estimate of drug-likeness (QED) is 0.447. The van der Waals surface area contributed by atoms with Crippen LogP contribution in [0.3, 0.4) is 0 Å². The van der Waals surface area contributed by atoms with E-state index in [0.717, 1.165) is 38.5 Å². The van der Waals surface area contributed by atoms with Gasteiger partial charge in [-0.15, -0.1) is 0 Å². The predicted octanol–water partition coefficient (Wildman–Crippen LogP) is 2.33. The molecule has 102 valence electrons. The molecule has 0 aromatic rings. The van der Waals surface area contributed by atoms with E-state index in [1.54, 1.807) is 14.2 Å². The second-order valence-corrected chi connectivity index (χ2v) is 8.34. The molecule has 4 nitrogen and oxygen atoms in total. The summed E-state index contributed by atoms with van der Waals surface area (Å²) in [4.78, 5) is 0. The highest BCUT2D eigenvalue weighted by Crippen LogP contribution is 2.19. The van der Waals surface area contributed by atoms with E-state index >= 15 is 0 Å². The van der Waals surface area contributed by atoms with Gasteiger partial charge in [0.1, 0.15) is 6.10 Å². The largest absolute Gasteiger partial charge is 0.398 e. The zero-order valence-electron chi connectivity index (χ0n) is 11.5. The maximum absolute atomic E-state index is 5.81. The van der Waals surface area contributed by atoms with Gasteiger partial charge in [0.25, 0.3) is 0 Å². The summed E-state index contributed by atoms with van der Waals surface area (Å²) in [5.74, 6) is 0. The number of hydrogen-bond donors (Lipinski definition) is 0. The van der Waals surface area contributed by atoms with Crippen molar-refractivity contribution in [1.82, 2.24) is 0 Å². The van der Waals surface area contributed by atoms with Crippen molar-refractivity contribution in [1.29, 1.82) is 0 Å². The topological polar surface area (TPSA) is 40.2 Å². The van der Waals surface area contributed by atoms with Crippen LogP contribution in [0.4, 0.5) is 0 Å². The summed E-state index contributed by atoms with van der Waals surface area (Å²) in [6.07, 6.45) is 3.96. The Morgan fingerprint density at radius 3 is 2.47 bits per heavy atom. The normalized spacial score (nSPS) is 21.5. The second-order valence-electron chi connectivity index (χ2n) is 4.75. The van der Waals surface area contributed by atoms with E-state index in [-0.39, 0.29) is 0 Å². The smallest absolute Gasteiger partial charge is 0.334 e. The molecule has 1 aliphatic heterocycles. The summed E-state index contributed by atoms with van der Waals surface area (Å²) in [7, 11) is 1.60. The van der Waals surface area contributed by atoms with Crippen molar-refractivity contribution >= 4 is 8.56 Å². The Morgan fingerprint density at radius 1 is 1.35 bits per heavy atom. The van der Waals surface area contributed by atoms with Crippen LogP contribution >= 0.6 is 0 Å². The van der Waals surface area contributed by atoms with Gasteiger partial charge in [0.05, 0.1) is 19.3 Å². The van der Waals surface area contributed by atoms with Gasteiger partial charge in [0.15, 0.2) is 0 Å². The molecule has 1 fully saturated rings. The van der Waals surface area contributed by atoms with Crippen molar-refractivity contribution in [2.75, 3.05) is 27.4 Å².